The topological polar surface area (TPSA) is 110 Å². The van der Waals surface area contributed by atoms with Gasteiger partial charge >= 0.3 is 0 Å². The molecule has 3 rings (SSSR count). The average Bonchev–Trinajstić information content (AvgIpc) is 2.72. The molecule has 1 aromatic heterocycles. The number of carbonyl (C=O) groups is 1. The Balaban J connectivity index is 1.58. The molecule has 0 spiro atoms. The second-order valence-electron chi connectivity index (χ2n) is 6.94. The van der Waals surface area contributed by atoms with Gasteiger partial charge in [0.2, 0.25) is 5.95 Å². The highest BCUT2D eigenvalue weighted by atomic mass is 32.2. The van der Waals surface area contributed by atoms with E-state index in [4.69, 9.17) is 4.74 Å². The number of hydrogen-bond donors (Lipinski definition) is 2. The number of amides is 1. The number of hydrogen-bond acceptors (Lipinski definition) is 6. The van der Waals surface area contributed by atoms with Crippen LogP contribution in [0.25, 0.3) is 0 Å². The van der Waals surface area contributed by atoms with Crippen molar-refractivity contribution in [2.75, 3.05) is 16.6 Å². The Bertz CT molecular complexity index is 1140. The van der Waals surface area contributed by atoms with Gasteiger partial charge in [0.15, 0.2) is 6.61 Å². The van der Waals surface area contributed by atoms with Crippen molar-refractivity contribution in [3.05, 3.63) is 71.5 Å². The van der Waals surface area contributed by atoms with Crippen molar-refractivity contribution in [1.29, 1.82) is 0 Å². The Morgan fingerprint density at radius 2 is 1.58 bits per heavy atom. The molecular weight excluding hydrogens is 416 g/mol. The molecule has 1 heterocycles. The Labute approximate surface area is 181 Å². The molecule has 0 saturated heterocycles. The zero-order chi connectivity index (χ0) is 22.4. The number of anilines is 2. The first-order valence-corrected chi connectivity index (χ1v) is 11.2. The predicted octanol–water partition coefficient (Wildman–Crippen LogP) is 3.47. The molecule has 9 heteroatoms. The lowest BCUT2D eigenvalue weighted by molar-refractivity contribution is -0.118. The number of benzene rings is 2. The molecule has 0 fully saturated rings. The molecule has 2 N–H and O–H groups in total. The fraction of sp³-hybridized carbons (Fsp3) is 0.227. The van der Waals surface area contributed by atoms with Gasteiger partial charge in [-0.05, 0) is 68.3 Å². The Morgan fingerprint density at radius 1 is 0.968 bits per heavy atom. The fourth-order valence-electron chi connectivity index (χ4n) is 2.84. The molecule has 31 heavy (non-hydrogen) atoms. The van der Waals surface area contributed by atoms with E-state index in [2.05, 4.69) is 26.9 Å². The van der Waals surface area contributed by atoms with E-state index in [0.29, 0.717) is 22.8 Å². The van der Waals surface area contributed by atoms with Crippen molar-refractivity contribution < 1.29 is 17.9 Å². The summed E-state index contributed by atoms with van der Waals surface area (Å²) in [6.45, 7) is 5.42. The van der Waals surface area contributed by atoms with E-state index in [1.807, 2.05) is 24.3 Å². The van der Waals surface area contributed by atoms with Crippen molar-refractivity contribution >= 4 is 27.6 Å². The highest BCUT2D eigenvalue weighted by Crippen LogP contribution is 2.17. The molecule has 0 aliphatic carbocycles. The Hall–Kier alpha value is -3.46. The van der Waals surface area contributed by atoms with Gasteiger partial charge in [-0.3, -0.25) is 4.79 Å². The number of aromatic nitrogens is 2. The van der Waals surface area contributed by atoms with Crippen LogP contribution in [0.2, 0.25) is 0 Å². The summed E-state index contributed by atoms with van der Waals surface area (Å²) in [6.07, 6.45) is 0.930. The van der Waals surface area contributed by atoms with Crippen LogP contribution in [0.5, 0.6) is 5.75 Å². The fourth-order valence-corrected chi connectivity index (χ4v) is 3.78. The molecule has 0 radical (unpaired) electrons. The predicted molar refractivity (Wildman–Crippen MR) is 119 cm³/mol. The highest BCUT2D eigenvalue weighted by molar-refractivity contribution is 7.92. The van der Waals surface area contributed by atoms with Crippen LogP contribution < -0.4 is 14.8 Å². The van der Waals surface area contributed by atoms with Crippen LogP contribution in [0.3, 0.4) is 0 Å². The zero-order valence-electron chi connectivity index (χ0n) is 17.5. The average molecular weight is 441 g/mol. The van der Waals surface area contributed by atoms with Crippen molar-refractivity contribution in [2.45, 2.75) is 32.1 Å². The molecular formula is C22H24N4O4S. The van der Waals surface area contributed by atoms with E-state index in [-0.39, 0.29) is 23.4 Å². The van der Waals surface area contributed by atoms with E-state index in [0.717, 1.165) is 6.42 Å². The standard InChI is InChI=1S/C22H24N4O4S/c1-4-17-5-9-19(10-6-17)30-14-21(27)25-18-7-11-20(12-8-18)31(28,29)26-22-23-15(2)13-16(3)24-22/h5-13H,4,14H2,1-3H3,(H,25,27)(H,23,24,26). The van der Waals surface area contributed by atoms with E-state index in [1.54, 1.807) is 19.9 Å². The van der Waals surface area contributed by atoms with Gasteiger partial charge in [0.05, 0.1) is 4.90 Å². The van der Waals surface area contributed by atoms with Gasteiger partial charge in [-0.15, -0.1) is 0 Å². The van der Waals surface area contributed by atoms with Crippen LogP contribution in [-0.4, -0.2) is 30.9 Å². The summed E-state index contributed by atoms with van der Waals surface area (Å²) >= 11 is 0. The molecule has 0 bridgehead atoms. The second-order valence-corrected chi connectivity index (χ2v) is 8.62. The summed E-state index contributed by atoms with van der Waals surface area (Å²) in [6, 6.07) is 15.1. The summed E-state index contributed by atoms with van der Waals surface area (Å²) < 4.78 is 33.0. The molecule has 0 atom stereocenters. The lowest BCUT2D eigenvalue weighted by atomic mass is 10.2. The Kier molecular flexibility index (Phi) is 6.86. The van der Waals surface area contributed by atoms with Gasteiger partial charge in [0, 0.05) is 17.1 Å². The van der Waals surface area contributed by atoms with Gasteiger partial charge < -0.3 is 10.1 Å². The summed E-state index contributed by atoms with van der Waals surface area (Å²) in [5, 5.41) is 2.67. The van der Waals surface area contributed by atoms with Crippen molar-refractivity contribution in [3.8, 4) is 5.75 Å². The van der Waals surface area contributed by atoms with Crippen molar-refractivity contribution in [2.24, 2.45) is 0 Å². The number of ether oxygens (including phenoxy) is 1. The molecule has 1 amide bonds. The van der Waals surface area contributed by atoms with Gasteiger partial charge in [-0.25, -0.2) is 23.1 Å². The minimum absolute atomic E-state index is 0.0130. The number of sulfonamides is 1. The molecule has 0 saturated carbocycles. The quantitative estimate of drug-likeness (QED) is 0.555. The van der Waals surface area contributed by atoms with Crippen LogP contribution in [0.4, 0.5) is 11.6 Å². The maximum atomic E-state index is 12.6. The smallest absolute Gasteiger partial charge is 0.264 e. The third kappa shape index (κ3) is 6.26. The molecule has 8 nitrogen and oxygen atoms in total. The summed E-state index contributed by atoms with van der Waals surface area (Å²) in [5.41, 5.74) is 2.96. The largest absolute Gasteiger partial charge is 0.484 e. The van der Waals surface area contributed by atoms with Crippen molar-refractivity contribution in [3.63, 3.8) is 0 Å². The zero-order valence-corrected chi connectivity index (χ0v) is 18.4. The molecule has 162 valence electrons. The molecule has 0 unspecified atom stereocenters. The molecule has 0 aliphatic heterocycles. The van der Waals surface area contributed by atoms with Gasteiger partial charge in [0.25, 0.3) is 15.9 Å². The minimum Gasteiger partial charge on any atom is -0.484 e. The number of rotatable bonds is 8. The minimum atomic E-state index is -3.86. The van der Waals surface area contributed by atoms with Crippen LogP contribution in [0, 0.1) is 13.8 Å². The van der Waals surface area contributed by atoms with Crippen LogP contribution in [0.1, 0.15) is 23.9 Å². The van der Waals surface area contributed by atoms with E-state index in [9.17, 15) is 13.2 Å². The van der Waals surface area contributed by atoms with E-state index >= 15 is 0 Å². The van der Waals surface area contributed by atoms with Crippen LogP contribution in [0.15, 0.2) is 59.5 Å². The summed E-state index contributed by atoms with van der Waals surface area (Å²) in [4.78, 5) is 20.3. The monoisotopic (exact) mass is 440 g/mol. The first-order valence-electron chi connectivity index (χ1n) is 9.72. The maximum absolute atomic E-state index is 12.6. The first-order chi connectivity index (χ1) is 14.7. The van der Waals surface area contributed by atoms with E-state index in [1.165, 1.54) is 29.8 Å². The summed E-state index contributed by atoms with van der Waals surface area (Å²) in [7, 11) is -3.86. The SMILES string of the molecule is CCc1ccc(OCC(=O)Nc2ccc(S(=O)(=O)Nc3nc(C)cc(C)n3)cc2)cc1. The second kappa shape index (κ2) is 9.57. The van der Waals surface area contributed by atoms with Gasteiger partial charge in [-0.2, -0.15) is 0 Å². The van der Waals surface area contributed by atoms with E-state index < -0.39 is 10.0 Å². The lowest BCUT2D eigenvalue weighted by Crippen LogP contribution is -2.20. The van der Waals surface area contributed by atoms with Crippen molar-refractivity contribution in [1.82, 2.24) is 9.97 Å². The van der Waals surface area contributed by atoms with Gasteiger partial charge in [0.1, 0.15) is 5.75 Å². The van der Waals surface area contributed by atoms with Gasteiger partial charge in [-0.1, -0.05) is 19.1 Å². The third-order valence-electron chi connectivity index (χ3n) is 4.36. The lowest BCUT2D eigenvalue weighted by Gasteiger charge is -2.10. The van der Waals surface area contributed by atoms with Crippen LogP contribution in [-0.2, 0) is 21.2 Å². The Morgan fingerprint density at radius 3 is 2.16 bits per heavy atom. The highest BCUT2D eigenvalue weighted by Gasteiger charge is 2.16. The normalized spacial score (nSPS) is 11.1. The molecule has 2 aromatic carbocycles. The van der Waals surface area contributed by atoms with Crippen LogP contribution >= 0.6 is 0 Å². The summed E-state index contributed by atoms with van der Waals surface area (Å²) in [5.74, 6) is 0.268. The first kappa shape index (κ1) is 22.2. The third-order valence-corrected chi connectivity index (χ3v) is 5.70. The molecule has 3 aromatic rings. The number of carbonyl (C=O) groups excluding carboxylic acids is 1. The number of nitrogens with one attached hydrogen (secondary N) is 2. The number of nitrogens with zero attached hydrogens (tertiary/aromatic N) is 2. The number of aryl methyl sites for hydroxylation is 3. The molecule has 0 aliphatic rings. The maximum Gasteiger partial charge on any atom is 0.264 e.